The average molecular weight is 602 g/mol. The van der Waals surface area contributed by atoms with Gasteiger partial charge in [-0.15, -0.1) is 5.10 Å². The zero-order valence-corrected chi connectivity index (χ0v) is 23.8. The zero-order valence-electron chi connectivity index (χ0n) is 22.3. The van der Waals surface area contributed by atoms with Gasteiger partial charge in [0.25, 0.3) is 11.7 Å². The Balaban J connectivity index is 0.951. The van der Waals surface area contributed by atoms with Crippen LogP contribution in [0.3, 0.4) is 0 Å². The van der Waals surface area contributed by atoms with E-state index in [-0.39, 0.29) is 6.61 Å². The molecule has 1 amide bonds. The molecule has 3 aromatic carbocycles. The molecule has 5 aromatic rings. The maximum atomic E-state index is 12.4. The van der Waals surface area contributed by atoms with E-state index in [2.05, 4.69) is 26.1 Å². The molecule has 3 heterocycles. The third kappa shape index (κ3) is 6.06. The summed E-state index contributed by atoms with van der Waals surface area (Å²) in [5.41, 5.74) is 10.9. The van der Waals surface area contributed by atoms with Crippen molar-refractivity contribution in [2.75, 3.05) is 16.9 Å². The molecule has 0 saturated heterocycles. The molecular formula is C30H25Cl2N7O3. The van der Waals surface area contributed by atoms with Gasteiger partial charge < -0.3 is 15.1 Å². The number of carbonyl (C=O) groups is 2. The Labute approximate surface area is 251 Å². The number of hydrogen-bond donors (Lipinski definition) is 2. The van der Waals surface area contributed by atoms with Gasteiger partial charge in [-0.1, -0.05) is 40.5 Å². The minimum absolute atomic E-state index is 0.269. The van der Waals surface area contributed by atoms with Crippen molar-refractivity contribution in [2.45, 2.75) is 26.1 Å². The summed E-state index contributed by atoms with van der Waals surface area (Å²) >= 11 is 12.1. The van der Waals surface area contributed by atoms with Crippen LogP contribution in [-0.2, 0) is 24.5 Å². The quantitative estimate of drug-likeness (QED) is 0.152. The Bertz CT molecular complexity index is 1780. The fourth-order valence-electron chi connectivity index (χ4n) is 4.73. The molecule has 2 aromatic heterocycles. The molecule has 1 aliphatic heterocycles. The molecule has 12 heteroatoms. The van der Waals surface area contributed by atoms with Crippen LogP contribution in [0.5, 0.6) is 5.75 Å². The van der Waals surface area contributed by atoms with Crippen molar-refractivity contribution in [1.82, 2.24) is 25.4 Å². The molecule has 10 nitrogen and oxygen atoms in total. The Morgan fingerprint density at radius 2 is 1.71 bits per heavy atom. The molecule has 0 bridgehead atoms. The summed E-state index contributed by atoms with van der Waals surface area (Å²) in [5.74, 6) is -0.348. The lowest BCUT2D eigenvalue weighted by Gasteiger charge is -2.16. The van der Waals surface area contributed by atoms with Crippen LogP contribution in [0.1, 0.15) is 28.0 Å². The predicted molar refractivity (Wildman–Crippen MR) is 161 cm³/mol. The Hall–Kier alpha value is -4.51. The van der Waals surface area contributed by atoms with E-state index in [1.807, 2.05) is 54.7 Å². The van der Waals surface area contributed by atoms with E-state index in [4.69, 9.17) is 27.9 Å². The maximum Gasteiger partial charge on any atom is 0.299 e. The van der Waals surface area contributed by atoms with E-state index >= 15 is 0 Å². The second-order valence-corrected chi connectivity index (χ2v) is 10.6. The van der Waals surface area contributed by atoms with Gasteiger partial charge in [0, 0.05) is 41.3 Å². The van der Waals surface area contributed by atoms with Crippen LogP contribution in [0.4, 0.5) is 11.4 Å². The van der Waals surface area contributed by atoms with E-state index in [9.17, 15) is 9.59 Å². The van der Waals surface area contributed by atoms with Crippen LogP contribution in [-0.4, -0.2) is 38.2 Å². The number of nitrogens with one attached hydrogen (secondary N) is 2. The monoisotopic (exact) mass is 601 g/mol. The first-order chi connectivity index (χ1) is 20.4. The number of ether oxygens (including phenoxy) is 1. The van der Waals surface area contributed by atoms with E-state index in [1.165, 1.54) is 11.0 Å². The van der Waals surface area contributed by atoms with Crippen molar-refractivity contribution in [3.05, 3.63) is 106 Å². The smallest absolute Gasteiger partial charge is 0.299 e. The van der Waals surface area contributed by atoms with Crippen molar-refractivity contribution in [3.8, 4) is 5.75 Å². The number of hydrazine groups is 1. The van der Waals surface area contributed by atoms with E-state index < -0.39 is 11.7 Å². The molecule has 212 valence electrons. The van der Waals surface area contributed by atoms with Crippen LogP contribution in [0, 0.1) is 0 Å². The second-order valence-electron chi connectivity index (χ2n) is 9.71. The summed E-state index contributed by atoms with van der Waals surface area (Å²) in [6.07, 6.45) is 4.15. The van der Waals surface area contributed by atoms with E-state index in [0.29, 0.717) is 58.8 Å². The molecule has 2 N–H and O–H groups in total. The third-order valence-electron chi connectivity index (χ3n) is 6.82. The second kappa shape index (κ2) is 12.2. The molecule has 0 radical (unpaired) electrons. The first kappa shape index (κ1) is 27.6. The first-order valence-electron chi connectivity index (χ1n) is 13.2. The first-order valence-corrected chi connectivity index (χ1v) is 14.0. The molecule has 1 aliphatic rings. The Morgan fingerprint density at radius 3 is 2.57 bits per heavy atom. The Kier molecular flexibility index (Phi) is 8.00. The molecule has 0 spiro atoms. The number of Topliss-reactive ketones (excluding diaryl/α,β-unsaturated/α-hetero) is 1. The average Bonchev–Trinajstić information content (AvgIpc) is 3.54. The maximum absolute atomic E-state index is 12.4. The molecule has 0 unspecified atom stereocenters. The number of aromatic nitrogens is 4. The van der Waals surface area contributed by atoms with Crippen molar-refractivity contribution in [2.24, 2.45) is 0 Å². The van der Waals surface area contributed by atoms with Crippen LogP contribution in [0.15, 0.2) is 79.1 Å². The fourth-order valence-corrected chi connectivity index (χ4v) is 5.07. The van der Waals surface area contributed by atoms with Gasteiger partial charge in [0.15, 0.2) is 0 Å². The highest BCUT2D eigenvalue weighted by Crippen LogP contribution is 2.31. The van der Waals surface area contributed by atoms with E-state index in [0.717, 1.165) is 22.2 Å². The molecule has 0 aliphatic carbocycles. The molecular weight excluding hydrogens is 577 g/mol. The molecule has 42 heavy (non-hydrogen) atoms. The molecule has 0 atom stereocenters. The van der Waals surface area contributed by atoms with Gasteiger partial charge in [0.05, 0.1) is 28.7 Å². The van der Waals surface area contributed by atoms with Gasteiger partial charge in [-0.2, -0.15) is 0 Å². The highest BCUT2D eigenvalue weighted by Gasteiger charge is 2.35. The number of benzene rings is 3. The number of ketones is 1. The van der Waals surface area contributed by atoms with Gasteiger partial charge >= 0.3 is 0 Å². The normalized spacial score (nSPS) is 12.7. The van der Waals surface area contributed by atoms with Gasteiger partial charge in [0.2, 0.25) is 0 Å². The summed E-state index contributed by atoms with van der Waals surface area (Å²) < 4.78 is 7.58. The number of carbonyl (C=O) groups excluding carboxylic acids is 2. The standard InChI is InChI=1S/C30H25Cl2N7O3/c31-20-5-9-28-25(14-20)29(40)30(41)39(28)13-1-12-38-17-22(35-37-38)18-42-23-6-2-19(3-7-23)16-34-36-26-10-11-33-27-15-21(32)4-8-24(26)27/h2-11,14-15,17,34H,1,12-13,16,18H2,(H,33,36). The van der Waals surface area contributed by atoms with Gasteiger partial charge in [-0.25, -0.2) is 5.43 Å². The number of rotatable bonds is 11. The summed E-state index contributed by atoms with van der Waals surface area (Å²) in [6.45, 7) is 1.79. The number of fused-ring (bicyclic) bond motifs is 2. The lowest BCUT2D eigenvalue weighted by atomic mass is 10.1. The zero-order chi connectivity index (χ0) is 29.1. The van der Waals surface area contributed by atoms with Crippen LogP contribution < -0.4 is 20.5 Å². The highest BCUT2D eigenvalue weighted by molar-refractivity contribution is 6.52. The van der Waals surface area contributed by atoms with Crippen molar-refractivity contribution in [1.29, 1.82) is 0 Å². The highest BCUT2D eigenvalue weighted by atomic mass is 35.5. The number of pyridine rings is 1. The number of hydrogen-bond acceptors (Lipinski definition) is 8. The van der Waals surface area contributed by atoms with Gasteiger partial charge in [-0.3, -0.25) is 19.3 Å². The predicted octanol–water partition coefficient (Wildman–Crippen LogP) is 5.45. The number of nitrogens with zero attached hydrogens (tertiary/aromatic N) is 5. The van der Waals surface area contributed by atoms with E-state index in [1.54, 1.807) is 23.0 Å². The van der Waals surface area contributed by atoms with Crippen LogP contribution in [0.2, 0.25) is 10.0 Å². The minimum atomic E-state index is -0.536. The van der Waals surface area contributed by atoms with Crippen LogP contribution in [0.25, 0.3) is 10.9 Å². The third-order valence-corrected chi connectivity index (χ3v) is 7.29. The summed E-state index contributed by atoms with van der Waals surface area (Å²) in [6, 6.07) is 20.2. The minimum Gasteiger partial charge on any atom is -0.487 e. The summed E-state index contributed by atoms with van der Waals surface area (Å²) in [5, 5.41) is 10.4. The number of amides is 1. The summed E-state index contributed by atoms with van der Waals surface area (Å²) in [4.78, 5) is 30.5. The Morgan fingerprint density at radius 1 is 0.905 bits per heavy atom. The lowest BCUT2D eigenvalue weighted by Crippen LogP contribution is -2.31. The van der Waals surface area contributed by atoms with Crippen molar-refractivity contribution < 1.29 is 14.3 Å². The van der Waals surface area contributed by atoms with Gasteiger partial charge in [0.1, 0.15) is 18.1 Å². The van der Waals surface area contributed by atoms with Crippen LogP contribution >= 0.6 is 23.2 Å². The summed E-state index contributed by atoms with van der Waals surface area (Å²) in [7, 11) is 0. The molecule has 0 saturated carbocycles. The number of halogens is 2. The fraction of sp³-hybridized carbons (Fsp3) is 0.167. The molecule has 0 fully saturated rings. The largest absolute Gasteiger partial charge is 0.487 e. The topological polar surface area (TPSA) is 114 Å². The lowest BCUT2D eigenvalue weighted by molar-refractivity contribution is -0.114. The molecule has 6 rings (SSSR count). The number of anilines is 2. The number of aryl methyl sites for hydroxylation is 1. The van der Waals surface area contributed by atoms with Crippen molar-refractivity contribution >= 4 is 57.2 Å². The van der Waals surface area contributed by atoms with Gasteiger partial charge in [-0.05, 0) is 66.6 Å². The SMILES string of the molecule is O=C1C(=O)N(CCCn2cc(COc3ccc(CNNc4ccnc5cc(Cl)ccc45)cc3)nn2)c2ccc(Cl)cc21. The van der Waals surface area contributed by atoms with Crippen molar-refractivity contribution in [3.63, 3.8) is 0 Å².